The third-order valence-electron chi connectivity index (χ3n) is 2.13. The first-order valence-corrected chi connectivity index (χ1v) is 5.75. The molecular weight excluding hydrogens is 200 g/mol. The van der Waals surface area contributed by atoms with Gasteiger partial charge in [0.25, 0.3) is 0 Å². The highest BCUT2D eigenvalue weighted by Gasteiger charge is 2.00. The standard InChI is InChI=1S/C12H20N4/c1-4-5-6-7-16-10-14-12(15-16)9-13-8-11(2)3/h1,10-11,13H,5-9H2,2-3H3. The molecule has 0 saturated carbocycles. The molecule has 0 bridgehead atoms. The lowest BCUT2D eigenvalue weighted by Gasteiger charge is -2.04. The zero-order valence-electron chi connectivity index (χ0n) is 10.1. The highest BCUT2D eigenvalue weighted by molar-refractivity contribution is 4.84. The number of terminal acetylenes is 1. The molecule has 0 radical (unpaired) electrons. The van der Waals surface area contributed by atoms with Gasteiger partial charge in [-0.3, -0.25) is 4.68 Å². The monoisotopic (exact) mass is 220 g/mol. The number of unbranched alkanes of at least 4 members (excludes halogenated alkanes) is 1. The molecule has 0 fully saturated rings. The molecule has 88 valence electrons. The van der Waals surface area contributed by atoms with Crippen LogP contribution in [-0.4, -0.2) is 21.3 Å². The third-order valence-corrected chi connectivity index (χ3v) is 2.13. The second kappa shape index (κ2) is 7.02. The van der Waals surface area contributed by atoms with Crippen LogP contribution < -0.4 is 5.32 Å². The van der Waals surface area contributed by atoms with Crippen molar-refractivity contribution in [3.05, 3.63) is 12.2 Å². The first-order valence-electron chi connectivity index (χ1n) is 5.75. The van der Waals surface area contributed by atoms with E-state index in [-0.39, 0.29) is 0 Å². The minimum absolute atomic E-state index is 0.651. The molecular formula is C12H20N4. The normalized spacial score (nSPS) is 10.6. The van der Waals surface area contributed by atoms with E-state index in [1.165, 1.54) is 0 Å². The molecule has 4 heteroatoms. The summed E-state index contributed by atoms with van der Waals surface area (Å²) in [6.45, 7) is 6.94. The molecule has 0 aliphatic carbocycles. The lowest BCUT2D eigenvalue weighted by Crippen LogP contribution is -2.19. The molecule has 0 aliphatic rings. The Morgan fingerprint density at radius 3 is 3.06 bits per heavy atom. The van der Waals surface area contributed by atoms with Crippen LogP contribution in [0, 0.1) is 18.3 Å². The molecule has 1 heterocycles. The van der Waals surface area contributed by atoms with Crippen molar-refractivity contribution in [1.82, 2.24) is 20.1 Å². The van der Waals surface area contributed by atoms with E-state index < -0.39 is 0 Å². The van der Waals surface area contributed by atoms with Crippen molar-refractivity contribution in [3.8, 4) is 12.3 Å². The summed E-state index contributed by atoms with van der Waals surface area (Å²) >= 11 is 0. The molecule has 0 spiro atoms. The first kappa shape index (κ1) is 12.7. The molecule has 0 amide bonds. The van der Waals surface area contributed by atoms with Crippen LogP contribution in [0.15, 0.2) is 6.33 Å². The number of rotatable bonds is 7. The van der Waals surface area contributed by atoms with Crippen LogP contribution in [0.4, 0.5) is 0 Å². The van der Waals surface area contributed by atoms with E-state index in [9.17, 15) is 0 Å². The highest BCUT2D eigenvalue weighted by Crippen LogP contribution is 1.95. The Morgan fingerprint density at radius 1 is 1.56 bits per heavy atom. The molecule has 1 N–H and O–H groups in total. The van der Waals surface area contributed by atoms with Crippen LogP contribution in [0.3, 0.4) is 0 Å². The zero-order valence-corrected chi connectivity index (χ0v) is 10.1. The maximum absolute atomic E-state index is 5.19. The fourth-order valence-electron chi connectivity index (χ4n) is 1.34. The Bertz CT molecular complexity index is 335. The molecule has 0 saturated heterocycles. The smallest absolute Gasteiger partial charge is 0.164 e. The summed E-state index contributed by atoms with van der Waals surface area (Å²) in [5.74, 6) is 4.12. The Hall–Kier alpha value is -1.34. The fraction of sp³-hybridized carbons (Fsp3) is 0.667. The molecule has 0 aliphatic heterocycles. The van der Waals surface area contributed by atoms with Gasteiger partial charge >= 0.3 is 0 Å². The molecule has 0 unspecified atom stereocenters. The molecule has 0 atom stereocenters. The molecule has 1 aromatic rings. The average molecular weight is 220 g/mol. The van der Waals surface area contributed by atoms with Gasteiger partial charge in [0.1, 0.15) is 6.33 Å². The lowest BCUT2D eigenvalue weighted by molar-refractivity contribution is 0.533. The van der Waals surface area contributed by atoms with Crippen molar-refractivity contribution in [2.24, 2.45) is 5.92 Å². The van der Waals surface area contributed by atoms with E-state index in [1.807, 2.05) is 4.68 Å². The van der Waals surface area contributed by atoms with Crippen molar-refractivity contribution in [2.45, 2.75) is 39.8 Å². The minimum atomic E-state index is 0.651. The maximum atomic E-state index is 5.19. The SMILES string of the molecule is C#CCCCn1cnc(CNCC(C)C)n1. The van der Waals surface area contributed by atoms with E-state index in [0.29, 0.717) is 5.92 Å². The molecule has 0 aromatic carbocycles. The first-order chi connectivity index (χ1) is 7.72. The summed E-state index contributed by atoms with van der Waals surface area (Å²) < 4.78 is 1.85. The summed E-state index contributed by atoms with van der Waals surface area (Å²) in [5, 5.41) is 7.66. The van der Waals surface area contributed by atoms with E-state index in [1.54, 1.807) is 6.33 Å². The summed E-state index contributed by atoms with van der Waals surface area (Å²) in [7, 11) is 0. The van der Waals surface area contributed by atoms with Crippen LogP contribution in [0.25, 0.3) is 0 Å². The van der Waals surface area contributed by atoms with E-state index in [4.69, 9.17) is 6.42 Å². The van der Waals surface area contributed by atoms with Crippen LogP contribution in [0.5, 0.6) is 0 Å². The number of nitrogens with one attached hydrogen (secondary N) is 1. The predicted octanol–water partition coefficient (Wildman–Crippen LogP) is 1.44. The minimum Gasteiger partial charge on any atom is -0.310 e. The number of aryl methyl sites for hydroxylation is 1. The van der Waals surface area contributed by atoms with Gasteiger partial charge in [-0.05, 0) is 18.9 Å². The second-order valence-corrected chi connectivity index (χ2v) is 4.26. The van der Waals surface area contributed by atoms with Crippen molar-refractivity contribution in [2.75, 3.05) is 6.54 Å². The van der Waals surface area contributed by atoms with Gasteiger partial charge in [0, 0.05) is 13.0 Å². The Balaban J connectivity index is 2.26. The Labute approximate surface area is 97.5 Å². The van der Waals surface area contributed by atoms with E-state index >= 15 is 0 Å². The summed E-state index contributed by atoms with van der Waals surface area (Å²) in [5.41, 5.74) is 0. The molecule has 4 nitrogen and oxygen atoms in total. The average Bonchev–Trinajstić information content (AvgIpc) is 2.66. The number of hydrogen-bond acceptors (Lipinski definition) is 3. The van der Waals surface area contributed by atoms with Gasteiger partial charge in [0.15, 0.2) is 5.82 Å². The number of aromatic nitrogens is 3. The maximum Gasteiger partial charge on any atom is 0.164 e. The fourth-order valence-corrected chi connectivity index (χ4v) is 1.34. The zero-order chi connectivity index (χ0) is 11.8. The van der Waals surface area contributed by atoms with Crippen molar-refractivity contribution in [1.29, 1.82) is 0 Å². The van der Waals surface area contributed by atoms with Crippen molar-refractivity contribution in [3.63, 3.8) is 0 Å². The molecule has 1 rings (SSSR count). The van der Waals surface area contributed by atoms with Crippen LogP contribution in [0.2, 0.25) is 0 Å². The topological polar surface area (TPSA) is 42.7 Å². The van der Waals surface area contributed by atoms with Crippen LogP contribution in [0.1, 0.15) is 32.5 Å². The summed E-state index contributed by atoms with van der Waals surface area (Å²) in [4.78, 5) is 4.23. The largest absolute Gasteiger partial charge is 0.310 e. The lowest BCUT2D eigenvalue weighted by atomic mass is 10.2. The van der Waals surface area contributed by atoms with Crippen molar-refractivity contribution >= 4 is 0 Å². The Morgan fingerprint density at radius 2 is 2.38 bits per heavy atom. The van der Waals surface area contributed by atoms with E-state index in [0.717, 1.165) is 38.3 Å². The quantitative estimate of drug-likeness (QED) is 0.558. The van der Waals surface area contributed by atoms with Crippen LogP contribution in [-0.2, 0) is 13.1 Å². The third kappa shape index (κ3) is 4.94. The Kier molecular flexibility index (Phi) is 5.58. The van der Waals surface area contributed by atoms with Gasteiger partial charge in [-0.25, -0.2) is 4.98 Å². The van der Waals surface area contributed by atoms with Gasteiger partial charge in [0.05, 0.1) is 6.54 Å². The summed E-state index contributed by atoms with van der Waals surface area (Å²) in [6.07, 6.45) is 8.70. The number of nitrogens with zero attached hydrogens (tertiary/aromatic N) is 3. The second-order valence-electron chi connectivity index (χ2n) is 4.26. The number of hydrogen-bond donors (Lipinski definition) is 1. The molecule has 1 aromatic heterocycles. The van der Waals surface area contributed by atoms with Crippen molar-refractivity contribution < 1.29 is 0 Å². The van der Waals surface area contributed by atoms with Gasteiger partial charge < -0.3 is 5.32 Å². The van der Waals surface area contributed by atoms with Gasteiger partial charge in [-0.2, -0.15) is 5.10 Å². The highest BCUT2D eigenvalue weighted by atomic mass is 15.3. The van der Waals surface area contributed by atoms with Gasteiger partial charge in [-0.15, -0.1) is 12.3 Å². The predicted molar refractivity (Wildman–Crippen MR) is 64.6 cm³/mol. The van der Waals surface area contributed by atoms with Gasteiger partial charge in [-0.1, -0.05) is 13.8 Å². The van der Waals surface area contributed by atoms with Crippen LogP contribution >= 0.6 is 0 Å². The summed E-state index contributed by atoms with van der Waals surface area (Å²) in [6, 6.07) is 0. The molecule has 16 heavy (non-hydrogen) atoms. The van der Waals surface area contributed by atoms with Gasteiger partial charge in [0.2, 0.25) is 0 Å². The van der Waals surface area contributed by atoms with E-state index in [2.05, 4.69) is 35.2 Å².